The molecule has 0 aromatic carbocycles. The van der Waals surface area contributed by atoms with Gasteiger partial charge in [0.2, 0.25) is 0 Å². The number of rotatable bonds is 4. The molecule has 0 aromatic rings. The lowest BCUT2D eigenvalue weighted by molar-refractivity contribution is -0.181. The molecule has 1 saturated carbocycles. The first kappa shape index (κ1) is 13.8. The summed E-state index contributed by atoms with van der Waals surface area (Å²) in [5.41, 5.74) is 0. The van der Waals surface area contributed by atoms with E-state index in [1.807, 2.05) is 0 Å². The van der Waals surface area contributed by atoms with E-state index >= 15 is 0 Å². The summed E-state index contributed by atoms with van der Waals surface area (Å²) in [5, 5.41) is 9.66. The molecule has 96 valence electrons. The average Bonchev–Trinajstić information content (AvgIpc) is 2.16. The van der Waals surface area contributed by atoms with Crippen LogP contribution in [-0.2, 0) is 4.74 Å². The number of aliphatic hydroxyl groups excluding tert-OH is 1. The Morgan fingerprint density at radius 1 is 1.25 bits per heavy atom. The van der Waals surface area contributed by atoms with E-state index in [4.69, 9.17) is 0 Å². The van der Waals surface area contributed by atoms with Crippen LogP contribution in [0.5, 0.6) is 0 Å². The van der Waals surface area contributed by atoms with Gasteiger partial charge in [-0.25, -0.2) is 0 Å². The first-order valence-corrected chi connectivity index (χ1v) is 5.71. The summed E-state index contributed by atoms with van der Waals surface area (Å²) in [6, 6.07) is 0. The topological polar surface area (TPSA) is 29.5 Å². The van der Waals surface area contributed by atoms with Crippen LogP contribution in [0.4, 0.5) is 13.2 Å². The van der Waals surface area contributed by atoms with Gasteiger partial charge < -0.3 is 9.84 Å². The predicted octanol–water partition coefficient (Wildman–Crippen LogP) is 2.75. The van der Waals surface area contributed by atoms with Crippen LogP contribution in [-0.4, -0.2) is 30.6 Å². The van der Waals surface area contributed by atoms with Gasteiger partial charge >= 0.3 is 6.18 Å². The van der Waals surface area contributed by atoms with Crippen LogP contribution in [0.2, 0.25) is 0 Å². The number of aliphatic hydroxyl groups is 1. The van der Waals surface area contributed by atoms with Gasteiger partial charge in [-0.2, -0.15) is 13.2 Å². The van der Waals surface area contributed by atoms with Gasteiger partial charge in [-0.1, -0.05) is 19.8 Å². The molecule has 1 atom stereocenters. The number of hydrogen-bond acceptors (Lipinski definition) is 2. The van der Waals surface area contributed by atoms with Crippen molar-refractivity contribution < 1.29 is 23.0 Å². The summed E-state index contributed by atoms with van der Waals surface area (Å²) in [6.45, 7) is 0.675. The fraction of sp³-hybridized carbons (Fsp3) is 1.00. The Bertz CT molecular complexity index is 198. The third-order valence-corrected chi connectivity index (χ3v) is 3.16. The minimum Gasteiger partial charge on any atom is -0.390 e. The second-order valence-electron chi connectivity index (χ2n) is 4.72. The van der Waals surface area contributed by atoms with Crippen molar-refractivity contribution in [2.75, 3.05) is 13.2 Å². The Labute approximate surface area is 93.8 Å². The van der Waals surface area contributed by atoms with E-state index in [1.54, 1.807) is 0 Å². The Balaban J connectivity index is 2.17. The maximum Gasteiger partial charge on any atom is 0.411 e. The van der Waals surface area contributed by atoms with Crippen LogP contribution < -0.4 is 0 Å². The molecule has 0 aromatic heterocycles. The van der Waals surface area contributed by atoms with E-state index in [0.717, 1.165) is 25.7 Å². The number of ether oxygens (including phenoxy) is 1. The maximum atomic E-state index is 11.8. The molecule has 1 N–H and O–H groups in total. The molecule has 0 aliphatic heterocycles. The fourth-order valence-electron chi connectivity index (χ4n) is 2.10. The van der Waals surface area contributed by atoms with Gasteiger partial charge in [-0.05, 0) is 24.7 Å². The lowest BCUT2D eigenvalue weighted by Crippen LogP contribution is -2.31. The molecule has 1 aliphatic carbocycles. The minimum atomic E-state index is -4.30. The van der Waals surface area contributed by atoms with Gasteiger partial charge in [0.15, 0.2) is 0 Å². The predicted molar refractivity (Wildman–Crippen MR) is 54.0 cm³/mol. The van der Waals surface area contributed by atoms with Crippen molar-refractivity contribution in [3.8, 4) is 0 Å². The standard InChI is InChI=1S/C11H19F3O2/c1-8-2-4-9(5-3-8)10(15)6-16-7-11(12,13)14/h8-10,15H,2-7H2,1H3. The first-order valence-electron chi connectivity index (χ1n) is 5.71. The zero-order valence-electron chi connectivity index (χ0n) is 9.46. The summed E-state index contributed by atoms with van der Waals surface area (Å²) < 4.78 is 39.8. The second kappa shape index (κ2) is 5.87. The fourth-order valence-corrected chi connectivity index (χ4v) is 2.10. The average molecular weight is 240 g/mol. The molecule has 2 nitrogen and oxygen atoms in total. The molecule has 5 heteroatoms. The van der Waals surface area contributed by atoms with Crippen molar-refractivity contribution in [2.24, 2.45) is 11.8 Å². The van der Waals surface area contributed by atoms with E-state index < -0.39 is 18.9 Å². The zero-order chi connectivity index (χ0) is 12.2. The molecule has 1 fully saturated rings. The Morgan fingerprint density at radius 2 is 1.81 bits per heavy atom. The molecule has 0 spiro atoms. The van der Waals surface area contributed by atoms with Crippen LogP contribution >= 0.6 is 0 Å². The van der Waals surface area contributed by atoms with Gasteiger partial charge in [-0.15, -0.1) is 0 Å². The van der Waals surface area contributed by atoms with Crippen LogP contribution in [0.3, 0.4) is 0 Å². The third-order valence-electron chi connectivity index (χ3n) is 3.16. The molecule has 0 heterocycles. The molecule has 0 radical (unpaired) electrons. The minimum absolute atomic E-state index is 0.101. The van der Waals surface area contributed by atoms with E-state index in [1.165, 1.54) is 0 Å². The monoisotopic (exact) mass is 240 g/mol. The molecule has 1 unspecified atom stereocenters. The van der Waals surface area contributed by atoms with Crippen LogP contribution in [0.25, 0.3) is 0 Å². The largest absolute Gasteiger partial charge is 0.411 e. The maximum absolute atomic E-state index is 11.8. The molecular weight excluding hydrogens is 221 g/mol. The number of alkyl halides is 3. The highest BCUT2D eigenvalue weighted by molar-refractivity contribution is 4.75. The molecule has 16 heavy (non-hydrogen) atoms. The van der Waals surface area contributed by atoms with Crippen molar-refractivity contribution in [2.45, 2.75) is 44.9 Å². The van der Waals surface area contributed by atoms with E-state index in [0.29, 0.717) is 5.92 Å². The molecular formula is C11H19F3O2. The Kier molecular flexibility index (Phi) is 5.05. The van der Waals surface area contributed by atoms with Crippen LogP contribution in [0.15, 0.2) is 0 Å². The molecule has 1 rings (SSSR count). The van der Waals surface area contributed by atoms with E-state index in [9.17, 15) is 18.3 Å². The molecule has 1 aliphatic rings. The van der Waals surface area contributed by atoms with Gasteiger partial charge in [0.1, 0.15) is 6.61 Å². The number of hydrogen-bond donors (Lipinski definition) is 1. The molecule has 0 saturated heterocycles. The summed E-state index contributed by atoms with van der Waals surface area (Å²) in [4.78, 5) is 0. The zero-order valence-corrected chi connectivity index (χ0v) is 9.46. The highest BCUT2D eigenvalue weighted by Crippen LogP contribution is 2.30. The normalized spacial score (nSPS) is 29.1. The molecule has 0 bridgehead atoms. The smallest absolute Gasteiger partial charge is 0.390 e. The van der Waals surface area contributed by atoms with Crippen molar-refractivity contribution in [3.63, 3.8) is 0 Å². The lowest BCUT2D eigenvalue weighted by atomic mass is 9.80. The summed E-state index contributed by atoms with van der Waals surface area (Å²) in [6.07, 6.45) is -1.20. The number of halogens is 3. The van der Waals surface area contributed by atoms with Gasteiger partial charge in [-0.3, -0.25) is 0 Å². The highest BCUT2D eigenvalue weighted by Gasteiger charge is 2.29. The summed E-state index contributed by atoms with van der Waals surface area (Å²) in [7, 11) is 0. The Hall–Kier alpha value is -0.290. The van der Waals surface area contributed by atoms with E-state index in [2.05, 4.69) is 11.7 Å². The van der Waals surface area contributed by atoms with Crippen molar-refractivity contribution in [1.29, 1.82) is 0 Å². The second-order valence-corrected chi connectivity index (χ2v) is 4.72. The van der Waals surface area contributed by atoms with Gasteiger partial charge in [0.05, 0.1) is 12.7 Å². The van der Waals surface area contributed by atoms with E-state index in [-0.39, 0.29) is 12.5 Å². The summed E-state index contributed by atoms with van der Waals surface area (Å²) in [5.74, 6) is 0.768. The quantitative estimate of drug-likeness (QED) is 0.818. The lowest BCUT2D eigenvalue weighted by Gasteiger charge is -2.29. The SMILES string of the molecule is CC1CCC(C(O)COCC(F)(F)F)CC1. The Morgan fingerprint density at radius 3 is 2.31 bits per heavy atom. The van der Waals surface area contributed by atoms with Crippen molar-refractivity contribution in [3.05, 3.63) is 0 Å². The molecule has 0 amide bonds. The van der Waals surface area contributed by atoms with Crippen molar-refractivity contribution >= 4 is 0 Å². The highest BCUT2D eigenvalue weighted by atomic mass is 19.4. The van der Waals surface area contributed by atoms with Crippen molar-refractivity contribution in [1.82, 2.24) is 0 Å². The summed E-state index contributed by atoms with van der Waals surface area (Å²) >= 11 is 0. The van der Waals surface area contributed by atoms with Crippen LogP contribution in [0.1, 0.15) is 32.6 Å². The third kappa shape index (κ3) is 5.16. The van der Waals surface area contributed by atoms with Gasteiger partial charge in [0, 0.05) is 0 Å². The van der Waals surface area contributed by atoms with Gasteiger partial charge in [0.25, 0.3) is 0 Å². The first-order chi connectivity index (χ1) is 7.38. The van der Waals surface area contributed by atoms with Crippen LogP contribution in [0, 0.1) is 11.8 Å².